The summed E-state index contributed by atoms with van der Waals surface area (Å²) in [7, 11) is 0. The lowest BCUT2D eigenvalue weighted by molar-refractivity contribution is 1.09. The van der Waals surface area contributed by atoms with Gasteiger partial charge in [0.1, 0.15) is 22.6 Å². The van der Waals surface area contributed by atoms with Crippen LogP contribution in [0, 0.1) is 0 Å². The van der Waals surface area contributed by atoms with Crippen molar-refractivity contribution in [3.05, 3.63) is 345 Å². The van der Waals surface area contributed by atoms with E-state index in [1.165, 1.54) is 25.7 Å². The van der Waals surface area contributed by atoms with Crippen LogP contribution in [-0.2, 0) is 0 Å². The molecule has 116 heavy (non-hydrogen) atoms. The summed E-state index contributed by atoms with van der Waals surface area (Å²) in [5, 5.41) is 26.4. The van der Waals surface area contributed by atoms with Crippen LogP contribution in [-0.4, -0.2) is 37.5 Å². The van der Waals surface area contributed by atoms with Crippen LogP contribution >= 0.6 is 0 Å². The molecule has 0 saturated carbocycles. The van der Waals surface area contributed by atoms with Crippen molar-refractivity contribution in [1.29, 1.82) is 0 Å². The summed E-state index contributed by atoms with van der Waals surface area (Å²) in [6.07, 6.45) is 5.00. The second kappa shape index (κ2) is 30.3. The fraction of sp³-hybridized carbons (Fsp3) is 0.115. The second-order valence-electron chi connectivity index (χ2n) is 29.8. The van der Waals surface area contributed by atoms with Gasteiger partial charge in [-0.1, -0.05) is 336 Å². The maximum Gasteiger partial charge on any atom is 0.264 e. The van der Waals surface area contributed by atoms with Gasteiger partial charge in [-0.3, -0.25) is 36.8 Å². The fourth-order valence-electron chi connectivity index (χ4n) is 17.0. The lowest BCUT2D eigenvalue weighted by Gasteiger charge is -2.08. The summed E-state index contributed by atoms with van der Waals surface area (Å²) < 4.78 is 7.13. The third kappa shape index (κ3) is 11.8. The highest BCUT2D eigenvalue weighted by Gasteiger charge is 2.23. The van der Waals surface area contributed by atoms with Crippen LogP contribution in [0.5, 0.6) is 0 Å². The van der Waals surface area contributed by atoms with Crippen LogP contribution in [0.3, 0.4) is 0 Å². The summed E-state index contributed by atoms with van der Waals surface area (Å²) in [5.74, 6) is 0. The van der Waals surface area contributed by atoms with Gasteiger partial charge in [-0.25, -0.2) is 19.9 Å². The first-order valence-electron chi connectivity index (χ1n) is 40.3. The largest absolute Gasteiger partial charge is 0.268 e. The second-order valence-corrected chi connectivity index (χ2v) is 29.8. The van der Waals surface area contributed by atoms with Gasteiger partial charge < -0.3 is 0 Å². The Bertz CT molecular complexity index is 8270. The van der Waals surface area contributed by atoms with Crippen molar-refractivity contribution in [2.45, 2.75) is 81.1 Å². The van der Waals surface area contributed by atoms with Crippen LogP contribution in [0.1, 0.15) is 81.1 Å². The van der Waals surface area contributed by atoms with Crippen molar-refractivity contribution >= 4 is 207 Å². The van der Waals surface area contributed by atoms with E-state index < -0.39 is 0 Å². The van der Waals surface area contributed by atoms with Crippen LogP contribution in [0.15, 0.2) is 322 Å². The number of benzene rings is 17. The number of aromatic nitrogens is 8. The van der Waals surface area contributed by atoms with Crippen LogP contribution in [0.4, 0.5) is 0 Å². The Hall–Kier alpha value is -14.4. The van der Waals surface area contributed by atoms with Crippen molar-refractivity contribution in [3.8, 4) is 0 Å². The monoisotopic (exact) mass is 1510 g/mol. The Morgan fingerprint density at radius 3 is 0.974 bits per heavy atom. The van der Waals surface area contributed by atoms with E-state index in [1.807, 2.05) is 180 Å². The van der Waals surface area contributed by atoms with Gasteiger partial charge in [-0.05, 0) is 102 Å². The molecule has 0 aliphatic rings. The smallest absolute Gasteiger partial charge is 0.264 e. The molecule has 12 nitrogen and oxygen atoms in total. The van der Waals surface area contributed by atoms with Crippen LogP contribution in [0.25, 0.3) is 207 Å². The Morgan fingerprint density at radius 2 is 0.500 bits per heavy atom. The Morgan fingerprint density at radius 1 is 0.207 bits per heavy atom. The minimum atomic E-state index is -0.00719. The first-order chi connectivity index (χ1) is 56.9. The van der Waals surface area contributed by atoms with Crippen molar-refractivity contribution in [3.63, 3.8) is 0 Å². The van der Waals surface area contributed by atoms with Crippen molar-refractivity contribution in [2.75, 3.05) is 0 Å². The van der Waals surface area contributed by atoms with Crippen molar-refractivity contribution in [2.24, 2.45) is 0 Å². The summed E-state index contributed by atoms with van der Waals surface area (Å²) in [6, 6.07) is 101. The molecular weight excluding hydrogens is 1430 g/mol. The normalized spacial score (nSPS) is 11.6. The molecule has 562 valence electrons. The van der Waals surface area contributed by atoms with E-state index in [4.69, 9.17) is 19.9 Å². The number of imidazole rings is 4. The summed E-state index contributed by atoms with van der Waals surface area (Å²) in [6.45, 7) is 17.0. The number of rotatable bonds is 0. The van der Waals surface area contributed by atoms with E-state index in [0.29, 0.717) is 0 Å². The highest BCUT2D eigenvalue weighted by atomic mass is 16.1. The average molecular weight is 1510 g/mol. The molecule has 0 aliphatic carbocycles. The molecule has 0 N–H and O–H groups in total. The van der Waals surface area contributed by atoms with Crippen molar-refractivity contribution in [1.82, 2.24) is 37.5 Å². The van der Waals surface area contributed by atoms with Gasteiger partial charge in [0, 0.05) is 86.2 Å². The maximum atomic E-state index is 13.7. The first kappa shape index (κ1) is 73.1. The van der Waals surface area contributed by atoms with Crippen LogP contribution < -0.4 is 22.2 Å². The number of fused-ring (bicyclic) bond motifs is 26. The molecule has 17 aromatic carbocycles. The van der Waals surface area contributed by atoms with Gasteiger partial charge in [-0.2, -0.15) is 0 Å². The van der Waals surface area contributed by atoms with Crippen molar-refractivity contribution < 1.29 is 0 Å². The Kier molecular flexibility index (Phi) is 19.1. The summed E-state index contributed by atoms with van der Waals surface area (Å²) in [4.78, 5) is 73.1. The molecule has 8 heterocycles. The minimum Gasteiger partial charge on any atom is -0.268 e. The van der Waals surface area contributed by atoms with Gasteiger partial charge >= 0.3 is 0 Å². The third-order valence-corrected chi connectivity index (χ3v) is 21.5. The Labute approximate surface area is 666 Å². The van der Waals surface area contributed by atoms with E-state index in [1.54, 1.807) is 13.2 Å². The molecule has 0 bridgehead atoms. The molecule has 25 rings (SSSR count). The quantitative estimate of drug-likeness (QED) is 0.137. The molecular formula is C104H82N8O4. The van der Waals surface area contributed by atoms with E-state index in [0.717, 1.165) is 207 Å². The molecule has 0 amide bonds. The van der Waals surface area contributed by atoms with E-state index >= 15 is 0 Å². The molecule has 0 fully saturated rings. The zero-order valence-corrected chi connectivity index (χ0v) is 65.9. The van der Waals surface area contributed by atoms with Gasteiger partial charge in [0.2, 0.25) is 0 Å². The highest BCUT2D eigenvalue weighted by molar-refractivity contribution is 6.27. The van der Waals surface area contributed by atoms with E-state index in [-0.39, 0.29) is 22.2 Å². The lowest BCUT2D eigenvalue weighted by atomic mass is 10.00. The molecule has 0 atom stereocenters. The fourth-order valence-corrected chi connectivity index (χ4v) is 17.0. The molecule has 0 radical (unpaired) electrons. The molecule has 0 saturated heterocycles. The first-order valence-corrected chi connectivity index (χ1v) is 40.3. The SMILES string of the molecule is CCC.CCC.CCC.CCC.O=c1c2cccc3cccc(c32)c2nc3c4ccccc4c4ccccc4c3n12.O=c1c2cccc3cccc(c32)c2nc3c4ccccc4ccc3n12.O=c1c2cccc3cccc(c32)c2nc3cc4ccccc4cc3n12.O=c1c2cccc3cccc(c32)c2nc3ccc4ccccc4c3n12. The summed E-state index contributed by atoms with van der Waals surface area (Å²) in [5.41, 5.74) is 9.92. The summed E-state index contributed by atoms with van der Waals surface area (Å²) >= 11 is 0. The molecule has 12 heteroatoms. The van der Waals surface area contributed by atoms with Gasteiger partial charge in [0.25, 0.3) is 22.2 Å². The number of hydrogen-bond donors (Lipinski definition) is 0. The number of nitrogens with zero attached hydrogens (tertiary/aromatic N) is 8. The predicted octanol–water partition coefficient (Wildman–Crippen LogP) is 25.8. The van der Waals surface area contributed by atoms with Gasteiger partial charge in [0.15, 0.2) is 0 Å². The molecule has 25 aromatic rings. The lowest BCUT2D eigenvalue weighted by Crippen LogP contribution is -2.13. The maximum absolute atomic E-state index is 13.7. The van der Waals surface area contributed by atoms with E-state index in [9.17, 15) is 19.2 Å². The standard InChI is InChI=1S/C26H14N2O.3C22H12N2O.4C3H8/c29-26-21-14-6-8-15-7-5-13-20(22(15)21)25-27-23-18-11-3-1-9-16(18)17-10-2-4-12-19(17)24(23)28(25)26;25-22-17-10-4-7-14-6-3-9-16(19(14)17)21-23-20-15-8-2-1-5-13(15)11-12-18(20)24(21)22;25-22-17-10-4-7-14-6-3-9-16(19(14)17)21-23-18-12-11-13-5-1-2-8-15(13)20(18)24(21)22;25-22-17-10-4-8-13-7-3-9-16(20(13)17)21-23-18-11-14-5-1-2-6-15(14)12-19(18)24(21)22;4*1-3-2/h1-14H;3*1-12H;4*3H2,1-2H3. The zero-order valence-electron chi connectivity index (χ0n) is 65.9. The topological polar surface area (TPSA) is 137 Å². The zero-order chi connectivity index (χ0) is 79.6. The Balaban J connectivity index is 0.000000102. The highest BCUT2D eigenvalue weighted by Crippen LogP contribution is 2.40. The molecule has 0 spiro atoms. The molecule has 8 aromatic heterocycles. The predicted molar refractivity (Wildman–Crippen MR) is 492 cm³/mol. The number of pyridine rings is 4. The van der Waals surface area contributed by atoms with Gasteiger partial charge in [0.05, 0.1) is 44.1 Å². The third-order valence-electron chi connectivity index (χ3n) is 21.5. The number of hydrogen-bond acceptors (Lipinski definition) is 8. The van der Waals surface area contributed by atoms with E-state index in [2.05, 4.69) is 183 Å². The molecule has 0 aliphatic heterocycles. The van der Waals surface area contributed by atoms with Crippen LogP contribution in [0.2, 0.25) is 0 Å². The minimum absolute atomic E-state index is 0.00171. The molecule has 0 unspecified atom stereocenters. The van der Waals surface area contributed by atoms with Gasteiger partial charge in [-0.15, -0.1) is 0 Å². The average Bonchev–Trinajstić information content (AvgIpc) is 1.54.